The van der Waals surface area contributed by atoms with Gasteiger partial charge in [0.25, 0.3) is 5.92 Å². The van der Waals surface area contributed by atoms with Crippen molar-refractivity contribution in [2.75, 3.05) is 13.1 Å². The van der Waals surface area contributed by atoms with Crippen LogP contribution in [-0.2, 0) is 14.4 Å². The van der Waals surface area contributed by atoms with Crippen LogP contribution in [0.3, 0.4) is 0 Å². The van der Waals surface area contributed by atoms with Crippen molar-refractivity contribution in [3.8, 4) is 6.07 Å². The molecule has 33 heavy (non-hydrogen) atoms. The Morgan fingerprint density at radius 1 is 1.42 bits per heavy atom. The molecule has 6 atom stereocenters. The number of nitrogens with zero attached hydrogens (tertiary/aromatic N) is 5. The van der Waals surface area contributed by atoms with Crippen molar-refractivity contribution in [2.24, 2.45) is 23.2 Å². The summed E-state index contributed by atoms with van der Waals surface area (Å²) in [5.41, 5.74) is -0.633. The number of halogens is 2. The predicted octanol–water partition coefficient (Wildman–Crippen LogP) is 0.492. The van der Waals surface area contributed by atoms with Gasteiger partial charge in [0.2, 0.25) is 17.7 Å². The molecule has 2 aliphatic heterocycles. The first-order chi connectivity index (χ1) is 15.5. The van der Waals surface area contributed by atoms with Crippen LogP contribution in [0.15, 0.2) is 12.4 Å². The number of piperidine rings is 1. The smallest absolute Gasteiger partial charge is 0.258 e. The topological polar surface area (TPSA) is 133 Å². The molecule has 2 saturated heterocycles. The summed E-state index contributed by atoms with van der Waals surface area (Å²) in [7, 11) is 0. The number of carbonyl (C=O) groups is 3. The van der Waals surface area contributed by atoms with E-state index in [4.69, 9.17) is 0 Å². The third kappa shape index (κ3) is 4.05. The molecule has 1 aromatic rings. The second-order valence-corrected chi connectivity index (χ2v) is 10.1. The maximum Gasteiger partial charge on any atom is 0.258 e. The van der Waals surface area contributed by atoms with E-state index in [-0.39, 0.29) is 18.9 Å². The number of likely N-dealkylation sites (tertiary alicyclic amines) is 1. The summed E-state index contributed by atoms with van der Waals surface area (Å²) < 4.78 is 30.0. The third-order valence-electron chi connectivity index (χ3n) is 6.80. The van der Waals surface area contributed by atoms with Gasteiger partial charge in [0.15, 0.2) is 0 Å². The van der Waals surface area contributed by atoms with Crippen molar-refractivity contribution in [3.05, 3.63) is 12.4 Å². The molecular formula is C21H27F2N7O3. The minimum Gasteiger partial charge on any atom is -0.356 e. The van der Waals surface area contributed by atoms with Crippen molar-refractivity contribution < 1.29 is 23.2 Å². The van der Waals surface area contributed by atoms with Gasteiger partial charge in [-0.15, -0.1) is 5.10 Å². The molecule has 0 bridgehead atoms. The molecule has 4 rings (SSSR count). The Morgan fingerprint density at radius 2 is 2.15 bits per heavy atom. The zero-order valence-electron chi connectivity index (χ0n) is 18.7. The number of carbonyl (C=O) groups excluding carboxylic acids is 3. The van der Waals surface area contributed by atoms with Gasteiger partial charge < -0.3 is 15.5 Å². The first kappa shape index (κ1) is 23.1. The molecule has 10 nitrogen and oxygen atoms in total. The average molecular weight is 463 g/mol. The van der Waals surface area contributed by atoms with Gasteiger partial charge >= 0.3 is 0 Å². The monoisotopic (exact) mass is 463 g/mol. The fraction of sp³-hybridized carbons (Fsp3) is 0.714. The fourth-order valence-electron chi connectivity index (χ4n) is 5.08. The minimum absolute atomic E-state index is 0.0861. The molecule has 3 aliphatic rings. The maximum absolute atomic E-state index is 14.3. The van der Waals surface area contributed by atoms with Gasteiger partial charge in [0.05, 0.1) is 24.1 Å². The van der Waals surface area contributed by atoms with E-state index in [2.05, 4.69) is 20.9 Å². The van der Waals surface area contributed by atoms with Crippen LogP contribution in [0.5, 0.6) is 0 Å². The number of nitrogens with one attached hydrogen (secondary N) is 2. The highest BCUT2D eigenvalue weighted by Crippen LogP contribution is 2.62. The van der Waals surface area contributed by atoms with E-state index in [0.717, 1.165) is 0 Å². The van der Waals surface area contributed by atoms with Crippen molar-refractivity contribution in [3.63, 3.8) is 0 Å². The van der Waals surface area contributed by atoms with Crippen LogP contribution >= 0.6 is 0 Å². The Hall–Kier alpha value is -3.10. The minimum atomic E-state index is -3.04. The Morgan fingerprint density at radius 3 is 2.70 bits per heavy atom. The van der Waals surface area contributed by atoms with E-state index in [0.29, 0.717) is 13.0 Å². The van der Waals surface area contributed by atoms with Gasteiger partial charge in [-0.3, -0.25) is 14.4 Å². The number of fused-ring (bicyclic) bond motifs is 1. The second kappa shape index (κ2) is 8.04. The van der Waals surface area contributed by atoms with E-state index in [1.807, 2.05) is 26.8 Å². The lowest BCUT2D eigenvalue weighted by Crippen LogP contribution is -2.55. The molecule has 1 aromatic heterocycles. The first-order valence-electron chi connectivity index (χ1n) is 11.0. The summed E-state index contributed by atoms with van der Waals surface area (Å²) in [6, 6.07) is -1.34. The van der Waals surface area contributed by atoms with Gasteiger partial charge in [-0.25, -0.2) is 13.5 Å². The molecule has 178 valence electrons. The molecule has 0 unspecified atom stereocenters. The van der Waals surface area contributed by atoms with Gasteiger partial charge in [-0.05, 0) is 18.3 Å². The summed E-state index contributed by atoms with van der Waals surface area (Å²) in [5, 5.41) is 22.3. The van der Waals surface area contributed by atoms with Crippen LogP contribution in [-0.4, -0.2) is 68.7 Å². The number of amides is 3. The van der Waals surface area contributed by atoms with Gasteiger partial charge in [0.1, 0.15) is 18.1 Å². The fourth-order valence-corrected chi connectivity index (χ4v) is 5.08. The molecule has 0 spiro atoms. The quantitative estimate of drug-likeness (QED) is 0.631. The van der Waals surface area contributed by atoms with Crippen LogP contribution in [0, 0.1) is 34.5 Å². The molecule has 3 amide bonds. The molecule has 1 aliphatic carbocycles. The van der Waals surface area contributed by atoms with E-state index in [9.17, 15) is 28.4 Å². The zero-order chi connectivity index (χ0) is 24.1. The number of hydrogen-bond acceptors (Lipinski definition) is 6. The average Bonchev–Trinajstić information content (AvgIpc) is 3.28. The number of hydrogen-bond donors (Lipinski definition) is 2. The molecule has 1 saturated carbocycles. The summed E-state index contributed by atoms with van der Waals surface area (Å²) in [6.07, 6.45) is 3.56. The highest BCUT2D eigenvalue weighted by Gasteiger charge is 2.78. The Balaban J connectivity index is 1.55. The van der Waals surface area contributed by atoms with Crippen LogP contribution in [0.25, 0.3) is 0 Å². The van der Waals surface area contributed by atoms with Crippen molar-refractivity contribution >= 4 is 17.7 Å². The van der Waals surface area contributed by atoms with Gasteiger partial charge in [-0.2, -0.15) is 5.26 Å². The van der Waals surface area contributed by atoms with E-state index in [1.165, 1.54) is 22.0 Å². The Labute approximate surface area is 189 Å². The summed E-state index contributed by atoms with van der Waals surface area (Å²) in [5.74, 6) is -7.37. The predicted molar refractivity (Wildman–Crippen MR) is 109 cm³/mol. The van der Waals surface area contributed by atoms with Gasteiger partial charge in [-0.1, -0.05) is 26.0 Å². The van der Waals surface area contributed by atoms with Crippen molar-refractivity contribution in [1.82, 2.24) is 30.5 Å². The standard InChI is InChI=1S/C21H27F2N7O3/c1-20(2,3)16(30-7-6-26-28-30)19(33)29-10-13-14(21(13,22)23)15(29)18(32)27-12(9-24)8-11-4-5-25-17(11)31/h6-7,11-16H,4-5,8,10H2,1-3H3,(H,25,31)(H,27,32)/t11-,12-,13-,14-,15-,16+/m0/s1. The number of rotatable bonds is 6. The van der Waals surface area contributed by atoms with E-state index < -0.39 is 59.0 Å². The molecule has 3 heterocycles. The van der Waals surface area contributed by atoms with Crippen LogP contribution < -0.4 is 10.6 Å². The summed E-state index contributed by atoms with van der Waals surface area (Å²) in [6.45, 7) is 5.69. The van der Waals surface area contributed by atoms with E-state index in [1.54, 1.807) is 0 Å². The second-order valence-electron chi connectivity index (χ2n) is 10.1. The highest BCUT2D eigenvalue weighted by molar-refractivity contribution is 5.91. The van der Waals surface area contributed by atoms with Gasteiger partial charge in [0, 0.05) is 25.2 Å². The van der Waals surface area contributed by atoms with Crippen LogP contribution in [0.4, 0.5) is 8.78 Å². The summed E-state index contributed by atoms with van der Waals surface area (Å²) >= 11 is 0. The molecule has 2 N–H and O–H groups in total. The van der Waals surface area contributed by atoms with Crippen molar-refractivity contribution in [1.29, 1.82) is 5.26 Å². The largest absolute Gasteiger partial charge is 0.356 e. The zero-order valence-corrected chi connectivity index (χ0v) is 18.7. The molecule has 12 heteroatoms. The number of nitriles is 1. The first-order valence-corrected chi connectivity index (χ1v) is 11.0. The molecular weight excluding hydrogens is 436 g/mol. The Bertz CT molecular complexity index is 985. The van der Waals surface area contributed by atoms with E-state index >= 15 is 0 Å². The molecule has 0 aromatic carbocycles. The third-order valence-corrected chi connectivity index (χ3v) is 6.80. The molecule has 3 fully saturated rings. The lowest BCUT2D eigenvalue weighted by Gasteiger charge is -2.36. The molecule has 0 radical (unpaired) electrons. The highest BCUT2D eigenvalue weighted by atomic mass is 19.3. The summed E-state index contributed by atoms with van der Waals surface area (Å²) in [4.78, 5) is 39.7. The van der Waals surface area contributed by atoms with Crippen molar-refractivity contribution in [2.45, 2.75) is 57.7 Å². The number of alkyl halides is 2. The maximum atomic E-state index is 14.3. The lowest BCUT2D eigenvalue weighted by atomic mass is 9.85. The van der Waals surface area contributed by atoms with Crippen LogP contribution in [0.1, 0.15) is 39.7 Å². The van der Waals surface area contributed by atoms with Crippen LogP contribution in [0.2, 0.25) is 0 Å². The lowest BCUT2D eigenvalue weighted by molar-refractivity contribution is -0.147. The number of aromatic nitrogens is 3. The SMILES string of the molecule is CC(C)(C)[C@@H](C(=O)N1C[C@H]2[C@@H]([C@H]1C(=O)N[C@H](C#N)C[C@@H]1CCNC1=O)C2(F)F)n1ccnn1. The Kier molecular flexibility index (Phi) is 5.62. The normalized spacial score (nSPS) is 29.6.